The highest BCUT2D eigenvalue weighted by molar-refractivity contribution is 6.32. The van der Waals surface area contributed by atoms with Crippen LogP contribution in [0.25, 0.3) is 0 Å². The molecule has 0 spiro atoms. The number of nitrogens with zero attached hydrogens (tertiary/aromatic N) is 1. The summed E-state index contributed by atoms with van der Waals surface area (Å²) >= 11 is 5.90. The molecule has 2 rings (SSSR count). The topological polar surface area (TPSA) is 106 Å². The van der Waals surface area contributed by atoms with E-state index in [-0.39, 0.29) is 28.6 Å². The number of nitrogens with two attached hydrogens (primary N) is 1. The molecule has 2 amide bonds. The number of alkyl carbamates (subject to hydrolysis) is 1. The van der Waals surface area contributed by atoms with Crippen LogP contribution in [0.3, 0.4) is 0 Å². The van der Waals surface area contributed by atoms with Crippen molar-refractivity contribution in [3.8, 4) is 0 Å². The van der Waals surface area contributed by atoms with Crippen molar-refractivity contribution in [1.82, 2.24) is 10.3 Å². The number of halogens is 2. The Hall–Kier alpha value is -2.09. The Kier molecular flexibility index (Phi) is 6.28. The predicted octanol–water partition coefficient (Wildman–Crippen LogP) is 3.22. The van der Waals surface area contributed by atoms with E-state index < -0.39 is 23.4 Å². The molecule has 0 aliphatic heterocycles. The van der Waals surface area contributed by atoms with Crippen molar-refractivity contribution in [2.45, 2.75) is 64.1 Å². The number of nitrogens with one attached hydrogen (secondary N) is 2. The molecule has 0 aromatic carbocycles. The molecule has 7 nitrogen and oxygen atoms in total. The molecule has 0 saturated heterocycles. The van der Waals surface area contributed by atoms with Gasteiger partial charge in [0.2, 0.25) is 0 Å². The molecule has 1 aromatic rings. The Morgan fingerprint density at radius 3 is 2.50 bits per heavy atom. The Balaban J connectivity index is 2.12. The molecule has 1 aliphatic carbocycles. The lowest BCUT2D eigenvalue weighted by molar-refractivity contribution is 0.0488. The number of carbonyl (C=O) groups is 2. The van der Waals surface area contributed by atoms with Crippen LogP contribution in [0.5, 0.6) is 0 Å². The third kappa shape index (κ3) is 5.45. The maximum atomic E-state index is 14.3. The van der Waals surface area contributed by atoms with E-state index in [2.05, 4.69) is 15.6 Å². The summed E-state index contributed by atoms with van der Waals surface area (Å²) < 4.78 is 19.5. The first-order valence-electron chi connectivity index (χ1n) is 8.48. The van der Waals surface area contributed by atoms with E-state index in [9.17, 15) is 14.0 Å². The number of anilines is 1. The zero-order valence-corrected chi connectivity index (χ0v) is 15.8. The molecule has 26 heavy (non-hydrogen) atoms. The average molecular weight is 387 g/mol. The van der Waals surface area contributed by atoms with Gasteiger partial charge in [-0.1, -0.05) is 24.4 Å². The third-order valence-corrected chi connectivity index (χ3v) is 4.27. The largest absolute Gasteiger partial charge is 0.444 e. The van der Waals surface area contributed by atoms with Gasteiger partial charge in [-0.2, -0.15) is 0 Å². The van der Waals surface area contributed by atoms with Crippen molar-refractivity contribution in [2.24, 2.45) is 5.73 Å². The number of hydrogen-bond acceptors (Lipinski definition) is 5. The fourth-order valence-corrected chi connectivity index (χ4v) is 3.08. The number of hydrogen-bond donors (Lipinski definition) is 3. The first-order valence-corrected chi connectivity index (χ1v) is 8.86. The lowest BCUT2D eigenvalue weighted by atomic mass is 9.90. The molecule has 1 heterocycles. The summed E-state index contributed by atoms with van der Waals surface area (Å²) in [4.78, 5) is 27.1. The lowest BCUT2D eigenvalue weighted by Crippen LogP contribution is -2.50. The van der Waals surface area contributed by atoms with Crippen LogP contribution >= 0.6 is 11.6 Å². The first kappa shape index (κ1) is 20.2. The van der Waals surface area contributed by atoms with Gasteiger partial charge in [0.1, 0.15) is 10.8 Å². The van der Waals surface area contributed by atoms with E-state index in [1.165, 1.54) is 0 Å². The van der Waals surface area contributed by atoms with Gasteiger partial charge in [0.25, 0.3) is 5.91 Å². The molecule has 1 fully saturated rings. The van der Waals surface area contributed by atoms with Gasteiger partial charge < -0.3 is 21.1 Å². The number of rotatable bonds is 4. The third-order valence-electron chi connectivity index (χ3n) is 3.99. The molecule has 2 unspecified atom stereocenters. The Bertz CT molecular complexity index is 693. The normalized spacial score (nSPS) is 20.3. The van der Waals surface area contributed by atoms with Gasteiger partial charge in [-0.25, -0.2) is 14.2 Å². The van der Waals surface area contributed by atoms with E-state index in [4.69, 9.17) is 22.1 Å². The summed E-state index contributed by atoms with van der Waals surface area (Å²) in [6.07, 6.45) is 2.80. The van der Waals surface area contributed by atoms with Gasteiger partial charge >= 0.3 is 6.09 Å². The van der Waals surface area contributed by atoms with Gasteiger partial charge in [0.05, 0.1) is 11.6 Å². The van der Waals surface area contributed by atoms with Crippen molar-refractivity contribution >= 4 is 29.4 Å². The fourth-order valence-electron chi connectivity index (χ4n) is 2.85. The molecule has 1 aromatic heterocycles. The second kappa shape index (κ2) is 8.07. The second-order valence-electron chi connectivity index (χ2n) is 7.31. The van der Waals surface area contributed by atoms with Gasteiger partial charge in [-0.15, -0.1) is 0 Å². The molecule has 0 radical (unpaired) electrons. The molecule has 2 atom stereocenters. The number of aromatic nitrogens is 1. The predicted molar refractivity (Wildman–Crippen MR) is 96.8 cm³/mol. The Morgan fingerprint density at radius 1 is 1.31 bits per heavy atom. The minimum atomic E-state index is -0.852. The first-order chi connectivity index (χ1) is 12.1. The monoisotopic (exact) mass is 386 g/mol. The van der Waals surface area contributed by atoms with Crippen molar-refractivity contribution in [3.05, 3.63) is 22.6 Å². The highest BCUT2D eigenvalue weighted by atomic mass is 35.5. The summed E-state index contributed by atoms with van der Waals surface area (Å²) in [7, 11) is 0. The van der Waals surface area contributed by atoms with Gasteiger partial charge in [0.15, 0.2) is 11.6 Å². The minimum absolute atomic E-state index is 0.0807. The summed E-state index contributed by atoms with van der Waals surface area (Å²) in [5, 5.41) is 5.64. The van der Waals surface area contributed by atoms with Crippen LogP contribution in [0.2, 0.25) is 5.15 Å². The van der Waals surface area contributed by atoms with Crippen molar-refractivity contribution in [1.29, 1.82) is 0 Å². The van der Waals surface area contributed by atoms with Crippen LogP contribution in [-0.2, 0) is 4.74 Å². The van der Waals surface area contributed by atoms with Crippen LogP contribution in [0.1, 0.15) is 56.8 Å². The van der Waals surface area contributed by atoms with Crippen LogP contribution in [0.4, 0.5) is 15.0 Å². The molecule has 1 aliphatic rings. The quantitative estimate of drug-likeness (QED) is 0.689. The van der Waals surface area contributed by atoms with E-state index in [0.29, 0.717) is 0 Å². The fraction of sp³-hybridized carbons (Fsp3) is 0.588. The zero-order valence-electron chi connectivity index (χ0n) is 15.1. The van der Waals surface area contributed by atoms with E-state index in [1.54, 1.807) is 20.8 Å². The van der Waals surface area contributed by atoms with Gasteiger partial charge in [-0.3, -0.25) is 4.79 Å². The summed E-state index contributed by atoms with van der Waals surface area (Å²) in [5.74, 6) is -1.66. The maximum absolute atomic E-state index is 14.3. The second-order valence-corrected chi connectivity index (χ2v) is 7.67. The van der Waals surface area contributed by atoms with Crippen molar-refractivity contribution < 1.29 is 18.7 Å². The highest BCUT2D eigenvalue weighted by Gasteiger charge is 2.29. The number of ether oxygens (including phenoxy) is 1. The average Bonchev–Trinajstić information content (AvgIpc) is 2.50. The SMILES string of the molecule is CC(C)(C)OC(=O)NC1CCCCC1Nc1nc(Cl)c(C(N)=O)cc1F. The van der Waals surface area contributed by atoms with E-state index >= 15 is 0 Å². The van der Waals surface area contributed by atoms with Gasteiger partial charge in [-0.05, 0) is 39.7 Å². The molecule has 1 saturated carbocycles. The number of primary amides is 1. The zero-order chi connectivity index (χ0) is 19.5. The minimum Gasteiger partial charge on any atom is -0.444 e. The number of pyridine rings is 1. The Labute approximate surface area is 156 Å². The summed E-state index contributed by atoms with van der Waals surface area (Å²) in [6.45, 7) is 5.35. The maximum Gasteiger partial charge on any atom is 0.407 e. The van der Waals surface area contributed by atoms with Gasteiger partial charge in [0, 0.05) is 6.04 Å². The van der Waals surface area contributed by atoms with E-state index in [1.807, 2.05) is 0 Å². The summed E-state index contributed by atoms with van der Waals surface area (Å²) in [5.41, 5.74) is 4.35. The molecular formula is C17H24ClFN4O3. The number of amides is 2. The van der Waals surface area contributed by atoms with E-state index in [0.717, 1.165) is 31.7 Å². The summed E-state index contributed by atoms with van der Waals surface area (Å²) in [6, 6.07) is 0.474. The molecule has 4 N–H and O–H groups in total. The van der Waals surface area contributed by atoms with Crippen molar-refractivity contribution in [3.63, 3.8) is 0 Å². The molecule has 0 bridgehead atoms. The van der Waals surface area contributed by atoms with Crippen LogP contribution in [0.15, 0.2) is 6.07 Å². The molecule has 9 heteroatoms. The standard InChI is InChI=1S/C17H24ClFN4O3/c1-17(2,3)26-16(25)22-12-7-5-4-6-11(12)21-15-10(19)8-9(14(20)24)13(18)23-15/h8,11-12H,4-7H2,1-3H3,(H2,20,24)(H,21,23)(H,22,25). The molecular weight excluding hydrogens is 363 g/mol. The number of carbonyl (C=O) groups excluding carboxylic acids is 2. The highest BCUT2D eigenvalue weighted by Crippen LogP contribution is 2.25. The van der Waals surface area contributed by atoms with Crippen LogP contribution in [-0.4, -0.2) is 34.7 Å². The van der Waals surface area contributed by atoms with Crippen LogP contribution < -0.4 is 16.4 Å². The smallest absolute Gasteiger partial charge is 0.407 e. The Morgan fingerprint density at radius 2 is 1.92 bits per heavy atom. The van der Waals surface area contributed by atoms with Crippen LogP contribution in [0, 0.1) is 5.82 Å². The molecule has 144 valence electrons. The van der Waals surface area contributed by atoms with Crippen molar-refractivity contribution in [2.75, 3.05) is 5.32 Å². The lowest BCUT2D eigenvalue weighted by Gasteiger charge is -2.33.